The molecule has 0 fully saturated rings. The SMILES string of the molecule is CC(C)(N=NC(C)(C)C(=O)OCCc1ccc(S(=O)(=O)[O-])cc1)C(=O)OCCc1ccc(S(=O)(=O)[O-])cc1. The number of carbonyl (C=O) groups is 2. The fourth-order valence-electron chi connectivity index (χ4n) is 2.85. The van der Waals surface area contributed by atoms with E-state index >= 15 is 0 Å². The summed E-state index contributed by atoms with van der Waals surface area (Å²) in [5, 5.41) is 7.95. The van der Waals surface area contributed by atoms with Crippen LogP contribution in [0.5, 0.6) is 0 Å². The predicted molar refractivity (Wildman–Crippen MR) is 131 cm³/mol. The topological polar surface area (TPSA) is 192 Å². The van der Waals surface area contributed by atoms with Crippen LogP contribution in [0.4, 0.5) is 0 Å². The Hall–Kier alpha value is -3.20. The Morgan fingerprint density at radius 1 is 0.658 bits per heavy atom. The number of ether oxygens (including phenoxy) is 2. The maximum atomic E-state index is 12.5. The van der Waals surface area contributed by atoms with Gasteiger partial charge in [-0.2, -0.15) is 10.2 Å². The number of hydrogen-bond donors (Lipinski definition) is 0. The first-order valence-electron chi connectivity index (χ1n) is 11.3. The van der Waals surface area contributed by atoms with Gasteiger partial charge in [-0.05, 0) is 63.1 Å². The standard InChI is InChI=1S/C24H30N2O10S2/c1-23(2,21(27)35-15-13-17-5-9-19(10-6-17)37(29,30)31)25-26-24(3,4)22(28)36-16-14-18-7-11-20(12-8-18)38(32,33)34/h5-12H,13-16H2,1-4H3,(H,29,30,31)(H,32,33,34)/p-2. The van der Waals surface area contributed by atoms with Gasteiger partial charge in [0, 0.05) is 12.8 Å². The third-order valence-electron chi connectivity index (χ3n) is 5.22. The molecule has 0 unspecified atom stereocenters. The van der Waals surface area contributed by atoms with Crippen LogP contribution in [-0.2, 0) is 52.1 Å². The highest BCUT2D eigenvalue weighted by molar-refractivity contribution is 7.86. The summed E-state index contributed by atoms with van der Waals surface area (Å²) < 4.78 is 76.4. The minimum Gasteiger partial charge on any atom is -0.744 e. The first-order valence-corrected chi connectivity index (χ1v) is 14.1. The molecule has 2 aromatic rings. The van der Waals surface area contributed by atoms with Crippen LogP contribution in [0.2, 0.25) is 0 Å². The van der Waals surface area contributed by atoms with Crippen molar-refractivity contribution in [3.05, 3.63) is 59.7 Å². The molecule has 0 spiro atoms. The molecule has 0 bridgehead atoms. The lowest BCUT2D eigenvalue weighted by atomic mass is 10.1. The molecular weight excluding hydrogens is 540 g/mol. The van der Waals surface area contributed by atoms with Crippen molar-refractivity contribution in [3.8, 4) is 0 Å². The molecule has 0 atom stereocenters. The molecule has 0 aromatic heterocycles. The van der Waals surface area contributed by atoms with Crippen LogP contribution in [0.1, 0.15) is 38.8 Å². The zero-order valence-corrected chi connectivity index (χ0v) is 22.9. The Morgan fingerprint density at radius 2 is 0.947 bits per heavy atom. The Labute approximate surface area is 221 Å². The number of azo groups is 1. The van der Waals surface area contributed by atoms with Crippen LogP contribution < -0.4 is 0 Å². The lowest BCUT2D eigenvalue weighted by Gasteiger charge is -2.21. The van der Waals surface area contributed by atoms with Gasteiger partial charge in [-0.25, -0.2) is 26.4 Å². The zero-order chi connectivity index (χ0) is 28.8. The molecule has 2 aromatic carbocycles. The van der Waals surface area contributed by atoms with Crippen LogP contribution in [0.15, 0.2) is 68.6 Å². The molecule has 0 heterocycles. The van der Waals surface area contributed by atoms with Gasteiger partial charge in [0.1, 0.15) is 20.2 Å². The highest BCUT2D eigenvalue weighted by atomic mass is 32.2. The first-order chi connectivity index (χ1) is 17.4. The minimum absolute atomic E-state index is 0.0333. The molecular formula is C24H28N2O10S2-2. The molecule has 12 nitrogen and oxygen atoms in total. The Bertz CT molecular complexity index is 1270. The van der Waals surface area contributed by atoms with Gasteiger partial charge in [0.2, 0.25) is 0 Å². The lowest BCUT2D eigenvalue weighted by molar-refractivity contribution is -0.151. The predicted octanol–water partition coefficient (Wildman–Crippen LogP) is 2.38. The average molecular weight is 569 g/mol. The van der Waals surface area contributed by atoms with E-state index in [-0.39, 0.29) is 35.8 Å². The van der Waals surface area contributed by atoms with Gasteiger partial charge < -0.3 is 18.6 Å². The fraction of sp³-hybridized carbons (Fsp3) is 0.417. The van der Waals surface area contributed by atoms with Crippen LogP contribution >= 0.6 is 0 Å². The monoisotopic (exact) mass is 568 g/mol. The van der Waals surface area contributed by atoms with E-state index in [0.29, 0.717) is 11.1 Å². The molecule has 38 heavy (non-hydrogen) atoms. The number of rotatable bonds is 12. The van der Waals surface area contributed by atoms with Crippen molar-refractivity contribution in [1.29, 1.82) is 0 Å². The van der Waals surface area contributed by atoms with Crippen LogP contribution in [0.25, 0.3) is 0 Å². The van der Waals surface area contributed by atoms with Gasteiger partial charge in [-0.15, -0.1) is 0 Å². The second-order valence-electron chi connectivity index (χ2n) is 9.29. The van der Waals surface area contributed by atoms with Crippen molar-refractivity contribution in [2.75, 3.05) is 13.2 Å². The van der Waals surface area contributed by atoms with Crippen molar-refractivity contribution in [3.63, 3.8) is 0 Å². The van der Waals surface area contributed by atoms with Crippen LogP contribution in [0.3, 0.4) is 0 Å². The van der Waals surface area contributed by atoms with Gasteiger partial charge in [0.15, 0.2) is 11.1 Å². The van der Waals surface area contributed by atoms with Gasteiger partial charge in [-0.3, -0.25) is 0 Å². The number of benzene rings is 2. The summed E-state index contributed by atoms with van der Waals surface area (Å²) in [5.41, 5.74) is -1.52. The summed E-state index contributed by atoms with van der Waals surface area (Å²) in [5.74, 6) is -1.40. The summed E-state index contributed by atoms with van der Waals surface area (Å²) in [6, 6.07) is 10.5. The van der Waals surface area contributed by atoms with E-state index in [2.05, 4.69) is 10.2 Å². The van der Waals surface area contributed by atoms with E-state index in [1.165, 1.54) is 76.2 Å². The fourth-order valence-corrected chi connectivity index (χ4v) is 3.79. The Morgan fingerprint density at radius 3 is 1.21 bits per heavy atom. The maximum Gasteiger partial charge on any atom is 0.335 e. The van der Waals surface area contributed by atoms with E-state index in [9.17, 15) is 35.5 Å². The highest BCUT2D eigenvalue weighted by Gasteiger charge is 2.34. The second-order valence-corrected chi connectivity index (χ2v) is 12.0. The number of carbonyl (C=O) groups excluding carboxylic acids is 2. The quantitative estimate of drug-likeness (QED) is 0.208. The van der Waals surface area contributed by atoms with Gasteiger partial charge in [0.25, 0.3) is 0 Å². The van der Waals surface area contributed by atoms with Gasteiger partial charge >= 0.3 is 11.9 Å². The van der Waals surface area contributed by atoms with E-state index in [4.69, 9.17) is 9.47 Å². The molecule has 0 amide bonds. The van der Waals surface area contributed by atoms with Crippen molar-refractivity contribution < 1.29 is 45.0 Å². The summed E-state index contributed by atoms with van der Waals surface area (Å²) >= 11 is 0. The molecule has 0 aliphatic carbocycles. The molecule has 2 rings (SSSR count). The molecule has 0 N–H and O–H groups in total. The number of hydrogen-bond acceptors (Lipinski definition) is 12. The third kappa shape index (κ3) is 9.28. The number of esters is 2. The van der Waals surface area contributed by atoms with E-state index in [0.717, 1.165) is 0 Å². The molecule has 0 radical (unpaired) electrons. The maximum absolute atomic E-state index is 12.5. The zero-order valence-electron chi connectivity index (χ0n) is 21.2. The second kappa shape index (κ2) is 12.1. The van der Waals surface area contributed by atoms with Crippen LogP contribution in [0, 0.1) is 0 Å². The highest BCUT2D eigenvalue weighted by Crippen LogP contribution is 2.19. The molecule has 0 aliphatic rings. The summed E-state index contributed by atoms with van der Waals surface area (Å²) in [6.07, 6.45) is 0.538. The van der Waals surface area contributed by atoms with Crippen molar-refractivity contribution in [2.45, 2.75) is 61.4 Å². The van der Waals surface area contributed by atoms with Gasteiger partial charge in [0.05, 0.1) is 23.0 Å². The van der Waals surface area contributed by atoms with Crippen molar-refractivity contribution in [1.82, 2.24) is 0 Å². The van der Waals surface area contributed by atoms with Crippen LogP contribution in [-0.4, -0.2) is 62.2 Å². The summed E-state index contributed by atoms with van der Waals surface area (Å²) in [6.45, 7) is 5.77. The van der Waals surface area contributed by atoms with Crippen molar-refractivity contribution in [2.24, 2.45) is 10.2 Å². The third-order valence-corrected chi connectivity index (χ3v) is 6.92. The average Bonchev–Trinajstić information content (AvgIpc) is 2.82. The number of nitrogens with zero attached hydrogens (tertiary/aromatic N) is 2. The summed E-state index contributed by atoms with van der Waals surface area (Å²) in [4.78, 5) is 24.2. The first kappa shape index (κ1) is 31.0. The molecule has 0 saturated carbocycles. The Balaban J connectivity index is 1.85. The molecule has 0 saturated heterocycles. The summed E-state index contributed by atoms with van der Waals surface area (Å²) in [7, 11) is -9.08. The minimum atomic E-state index is -4.54. The smallest absolute Gasteiger partial charge is 0.335 e. The lowest BCUT2D eigenvalue weighted by Crippen LogP contribution is -2.35. The Kier molecular flexibility index (Phi) is 9.88. The normalized spacial score (nSPS) is 12.9. The van der Waals surface area contributed by atoms with E-state index < -0.39 is 43.3 Å². The van der Waals surface area contributed by atoms with E-state index in [1.54, 1.807) is 0 Å². The van der Waals surface area contributed by atoms with Crippen molar-refractivity contribution >= 4 is 32.2 Å². The van der Waals surface area contributed by atoms with E-state index in [1.807, 2.05) is 0 Å². The molecule has 14 heteroatoms. The van der Waals surface area contributed by atoms with Gasteiger partial charge in [-0.1, -0.05) is 24.3 Å². The molecule has 208 valence electrons. The largest absolute Gasteiger partial charge is 0.744 e. The molecule has 0 aliphatic heterocycles.